The molecule has 4 fully saturated rings. The van der Waals surface area contributed by atoms with Crippen molar-refractivity contribution in [1.29, 1.82) is 0 Å². The van der Waals surface area contributed by atoms with Gasteiger partial charge in [-0.25, -0.2) is 4.79 Å². The molecule has 0 spiro atoms. The Bertz CT molecular complexity index is 1030. The summed E-state index contributed by atoms with van der Waals surface area (Å²) in [6.45, 7) is 15.9. The number of nitrogens with one attached hydrogen (secondary N) is 1. The highest BCUT2D eigenvalue weighted by Crippen LogP contribution is 2.74. The highest BCUT2D eigenvalue weighted by Gasteiger charge is 2.70. The van der Waals surface area contributed by atoms with Crippen LogP contribution in [0.15, 0.2) is 11.6 Å². The summed E-state index contributed by atoms with van der Waals surface area (Å²) in [6.07, 6.45) is 10.5. The Morgan fingerprint density at radius 3 is 2.26 bits per heavy atom. The van der Waals surface area contributed by atoms with Gasteiger partial charge in [-0.05, 0) is 97.9 Å². The van der Waals surface area contributed by atoms with E-state index in [9.17, 15) is 14.4 Å². The molecule has 0 aromatic carbocycles. The van der Waals surface area contributed by atoms with Crippen LogP contribution in [0.2, 0.25) is 0 Å². The van der Waals surface area contributed by atoms with Crippen molar-refractivity contribution in [3.63, 3.8) is 0 Å². The van der Waals surface area contributed by atoms with Gasteiger partial charge in [0.1, 0.15) is 5.78 Å². The number of allylic oxidation sites excluding steroid dienone is 2. The molecule has 0 aliphatic heterocycles. The predicted molar refractivity (Wildman–Crippen MR) is 137 cm³/mol. The van der Waals surface area contributed by atoms with Crippen LogP contribution >= 0.6 is 0 Å². The van der Waals surface area contributed by atoms with Gasteiger partial charge >= 0.3 is 6.03 Å². The first-order chi connectivity index (χ1) is 16.0. The summed E-state index contributed by atoms with van der Waals surface area (Å²) in [5.74, 6) is 1.13. The summed E-state index contributed by atoms with van der Waals surface area (Å²) in [5, 5.41) is 3.04. The minimum absolute atomic E-state index is 0.0436. The summed E-state index contributed by atoms with van der Waals surface area (Å²) in [4.78, 5) is 39.0. The van der Waals surface area contributed by atoms with Crippen molar-refractivity contribution >= 4 is 17.6 Å². The number of rotatable bonds is 1. The predicted octanol–water partition coefficient (Wildman–Crippen LogP) is 5.96. The Morgan fingerprint density at radius 2 is 1.60 bits per heavy atom. The fourth-order valence-corrected chi connectivity index (χ4v) is 10.4. The van der Waals surface area contributed by atoms with Crippen LogP contribution in [0.25, 0.3) is 0 Å². The maximum Gasteiger partial charge on any atom is 0.312 e. The van der Waals surface area contributed by atoms with Gasteiger partial charge in [0.15, 0.2) is 5.78 Å². The van der Waals surface area contributed by atoms with Crippen LogP contribution in [-0.2, 0) is 9.59 Å². The first-order valence-corrected chi connectivity index (χ1v) is 13.9. The van der Waals surface area contributed by atoms with E-state index in [1.807, 2.05) is 0 Å². The highest BCUT2D eigenvalue weighted by atomic mass is 16.2. The maximum atomic E-state index is 14.3. The zero-order valence-electron chi connectivity index (χ0n) is 23.0. The average molecular weight is 483 g/mol. The van der Waals surface area contributed by atoms with Gasteiger partial charge in [0, 0.05) is 23.3 Å². The zero-order valence-corrected chi connectivity index (χ0v) is 23.0. The molecule has 5 heteroatoms. The van der Waals surface area contributed by atoms with Gasteiger partial charge in [-0.15, -0.1) is 0 Å². The minimum Gasteiger partial charge on any atom is -0.352 e. The van der Waals surface area contributed by atoms with Crippen molar-refractivity contribution in [3.05, 3.63) is 11.6 Å². The Labute approximate surface area is 211 Å². The molecule has 5 aliphatic rings. The van der Waals surface area contributed by atoms with Gasteiger partial charge in [-0.3, -0.25) is 9.59 Å². The SMILES string of the molecule is CC1(C)C(=O)CC[C@]2(C)[C@H]3C(=O)C=C4[C@@H]5C[C@@](C)(NC(N)=O)CC[C@]5(C)CC[C@@]4(C)[C@]3(C)CC[C@@H]12. The van der Waals surface area contributed by atoms with Crippen molar-refractivity contribution in [2.75, 3.05) is 0 Å². The molecule has 8 atom stereocenters. The first kappa shape index (κ1) is 25.0. The molecule has 0 aromatic heterocycles. The lowest BCUT2D eigenvalue weighted by Gasteiger charge is -2.70. The second-order valence-corrected chi connectivity index (χ2v) is 14.9. The molecule has 0 radical (unpaired) electrons. The number of Topliss-reactive ketones (excluding diaryl/α,β-unsaturated/α-hetero) is 1. The zero-order chi connectivity index (χ0) is 25.8. The average Bonchev–Trinajstić information content (AvgIpc) is 2.73. The van der Waals surface area contributed by atoms with E-state index in [0.29, 0.717) is 12.2 Å². The Balaban J connectivity index is 1.60. The molecule has 5 nitrogen and oxygen atoms in total. The van der Waals surface area contributed by atoms with Crippen LogP contribution in [0.3, 0.4) is 0 Å². The van der Waals surface area contributed by atoms with E-state index in [0.717, 1.165) is 51.4 Å². The van der Waals surface area contributed by atoms with E-state index >= 15 is 0 Å². The summed E-state index contributed by atoms with van der Waals surface area (Å²) < 4.78 is 0. The fourth-order valence-electron chi connectivity index (χ4n) is 10.4. The second kappa shape index (κ2) is 7.22. The molecule has 0 bridgehead atoms. The number of ketones is 2. The summed E-state index contributed by atoms with van der Waals surface area (Å²) in [7, 11) is 0. The van der Waals surface area contributed by atoms with Crippen molar-refractivity contribution in [2.24, 2.45) is 50.6 Å². The van der Waals surface area contributed by atoms with Crippen molar-refractivity contribution in [2.45, 2.75) is 112 Å². The third-order valence-corrected chi connectivity index (χ3v) is 12.7. The number of nitrogens with two attached hydrogens (primary N) is 1. The smallest absolute Gasteiger partial charge is 0.312 e. The molecule has 35 heavy (non-hydrogen) atoms. The number of primary amides is 1. The normalized spacial score (nSPS) is 50.7. The molecule has 3 N–H and O–H groups in total. The van der Waals surface area contributed by atoms with E-state index in [2.05, 4.69) is 59.9 Å². The molecule has 0 unspecified atom stereocenters. The van der Waals surface area contributed by atoms with Gasteiger partial charge < -0.3 is 11.1 Å². The fraction of sp³-hybridized carbons (Fsp3) is 0.833. The summed E-state index contributed by atoms with van der Waals surface area (Å²) in [5.41, 5.74) is 6.01. The molecule has 0 heterocycles. The number of hydrogen-bond acceptors (Lipinski definition) is 3. The van der Waals surface area contributed by atoms with Crippen molar-refractivity contribution in [1.82, 2.24) is 5.32 Å². The van der Waals surface area contributed by atoms with E-state index in [4.69, 9.17) is 5.73 Å². The minimum atomic E-state index is -0.462. The Kier molecular flexibility index (Phi) is 5.16. The van der Waals surface area contributed by atoms with Crippen molar-refractivity contribution < 1.29 is 14.4 Å². The topological polar surface area (TPSA) is 89.3 Å². The molecule has 0 aromatic rings. The lowest BCUT2D eigenvalue weighted by Crippen LogP contribution is -2.66. The lowest BCUT2D eigenvalue weighted by atomic mass is 9.33. The van der Waals surface area contributed by atoms with Crippen molar-refractivity contribution in [3.8, 4) is 0 Å². The molecule has 0 saturated heterocycles. The van der Waals surface area contributed by atoms with Crippen LogP contribution in [0, 0.1) is 44.8 Å². The van der Waals surface area contributed by atoms with Crippen LogP contribution in [0.4, 0.5) is 4.79 Å². The van der Waals surface area contributed by atoms with Crippen LogP contribution in [-0.4, -0.2) is 23.1 Å². The van der Waals surface area contributed by atoms with E-state index < -0.39 is 6.03 Å². The van der Waals surface area contributed by atoms with Gasteiger partial charge in [0.05, 0.1) is 0 Å². The van der Waals surface area contributed by atoms with E-state index in [-0.39, 0.29) is 56.2 Å². The third kappa shape index (κ3) is 3.14. The van der Waals surface area contributed by atoms with Gasteiger partial charge in [0.25, 0.3) is 0 Å². The summed E-state index contributed by atoms with van der Waals surface area (Å²) in [6, 6.07) is -0.462. The lowest BCUT2D eigenvalue weighted by molar-refractivity contribution is -0.187. The van der Waals surface area contributed by atoms with Gasteiger partial charge in [-0.1, -0.05) is 47.1 Å². The van der Waals surface area contributed by atoms with Gasteiger partial charge in [-0.2, -0.15) is 0 Å². The maximum absolute atomic E-state index is 14.3. The number of amides is 2. The monoisotopic (exact) mass is 482 g/mol. The Morgan fingerprint density at radius 1 is 0.943 bits per heavy atom. The van der Waals surface area contributed by atoms with E-state index in [1.54, 1.807) is 0 Å². The largest absolute Gasteiger partial charge is 0.352 e. The number of fused-ring (bicyclic) bond motifs is 7. The molecule has 5 rings (SSSR count). The number of carbonyl (C=O) groups is 3. The molecule has 2 amide bonds. The van der Waals surface area contributed by atoms with Gasteiger partial charge in [0.2, 0.25) is 0 Å². The van der Waals surface area contributed by atoms with E-state index in [1.165, 1.54) is 5.57 Å². The molecular formula is C30H46N2O3. The third-order valence-electron chi connectivity index (χ3n) is 12.7. The number of carbonyl (C=O) groups excluding carboxylic acids is 3. The van der Waals surface area contributed by atoms with Crippen LogP contribution in [0.1, 0.15) is 106 Å². The molecule has 4 saturated carbocycles. The molecule has 194 valence electrons. The standard InChI is InChI=1S/C30H46N2O3/c1-25(2)21-8-11-30(7)23(28(21,5)10-9-22(25)34)20(33)16-18-19-17-27(4,32-24(31)35)14-12-26(19,3)13-15-29(18,30)6/h16,19,21,23H,8-15,17H2,1-7H3,(H3,31,32,35)/t19-,21-,23+,26+,27-,28-,29+,30+/m0/s1. The quantitative estimate of drug-likeness (QED) is 0.483. The Hall–Kier alpha value is -1.65. The molecule has 5 aliphatic carbocycles. The summed E-state index contributed by atoms with van der Waals surface area (Å²) >= 11 is 0. The second-order valence-electron chi connectivity index (χ2n) is 14.9. The first-order valence-electron chi connectivity index (χ1n) is 13.9. The number of hydrogen-bond donors (Lipinski definition) is 2. The van der Waals surface area contributed by atoms with Crippen LogP contribution < -0.4 is 11.1 Å². The number of urea groups is 1. The highest BCUT2D eigenvalue weighted by molar-refractivity contribution is 5.96. The van der Waals surface area contributed by atoms with Crippen LogP contribution in [0.5, 0.6) is 0 Å². The molecular weight excluding hydrogens is 436 g/mol.